The summed E-state index contributed by atoms with van der Waals surface area (Å²) in [5.41, 5.74) is 17.8. The molecule has 0 radical (unpaired) electrons. The van der Waals surface area contributed by atoms with Crippen LogP contribution in [-0.4, -0.2) is 125 Å². The molecule has 0 amide bonds. The minimum atomic E-state index is -5.00. The number of nitrogen functional groups attached to an aromatic ring is 3. The standard InChI is InChI=1S/C29H37N13O14P2/c30-19-1-2-40(29(45)39-19)21-4-14(16(6-43)52-21)55-58(48,49)51-8-18-15(5-22(54-18)42-12-38-24-26(32)34-10-36-28(24)42)56-57(46,47)50-7-17-13(44)3-20(53-17)41-11-37-23-25(31)33-9-35-27(23)41/h1-2,9-18,20-22,43-44H,3-8H2,(H,46,47)(H,48,49)(H2,30,39,45)(H2,31,33,35)(H2,32,34,36)/t13-,14-,15-,16+,17+,18+,20+,21+,22+/m0/s1. The van der Waals surface area contributed by atoms with Gasteiger partial charge in [-0.05, 0) is 6.07 Å². The van der Waals surface area contributed by atoms with E-state index in [0.29, 0.717) is 11.2 Å². The Morgan fingerprint density at radius 2 is 1.22 bits per heavy atom. The fourth-order valence-electron chi connectivity index (χ4n) is 6.86. The molecule has 8 heterocycles. The number of nitrogens with two attached hydrogens (primary N) is 3. The van der Waals surface area contributed by atoms with E-state index in [1.165, 1.54) is 46.7 Å². The first kappa shape index (κ1) is 40.2. The molecule has 58 heavy (non-hydrogen) atoms. The monoisotopic (exact) mass is 853 g/mol. The Hall–Kier alpha value is -4.60. The summed E-state index contributed by atoms with van der Waals surface area (Å²) < 4.78 is 70.0. The fraction of sp³-hybridized carbons (Fsp3) is 0.517. The second-order valence-electron chi connectivity index (χ2n) is 13.4. The number of rotatable bonds is 14. The molecule has 29 heteroatoms. The SMILES string of the molecule is Nc1ccn([C@H]2C[C@H](OP(=O)(O)OC[C@H]3O[C@@H](n4cnc5c(N)ncnc54)C[C@@H]3OP(=O)(O)OC[C@H]3O[C@@H](n4cnc5c(N)ncnc54)C[C@@H]3O)[C@@H](CO)O2)c(=O)n1. The van der Waals surface area contributed by atoms with E-state index in [1.807, 2.05) is 0 Å². The van der Waals surface area contributed by atoms with Crippen molar-refractivity contribution < 1.29 is 61.4 Å². The van der Waals surface area contributed by atoms with Crippen molar-refractivity contribution in [1.82, 2.24) is 48.6 Å². The van der Waals surface area contributed by atoms with E-state index in [4.69, 9.17) is 49.5 Å². The molecule has 0 aliphatic carbocycles. The van der Waals surface area contributed by atoms with Gasteiger partial charge in [0.05, 0.1) is 38.6 Å². The molecular formula is C29H37N13O14P2. The zero-order valence-electron chi connectivity index (χ0n) is 29.9. The van der Waals surface area contributed by atoms with Gasteiger partial charge in [0.15, 0.2) is 22.9 Å². The van der Waals surface area contributed by atoms with Crippen molar-refractivity contribution in [1.29, 1.82) is 0 Å². The lowest BCUT2D eigenvalue weighted by atomic mass is 10.2. The number of hydrogen-bond donors (Lipinski definition) is 7. The van der Waals surface area contributed by atoms with Crippen molar-refractivity contribution in [2.24, 2.45) is 0 Å². The van der Waals surface area contributed by atoms with Gasteiger partial charge in [-0.25, -0.2) is 43.8 Å². The van der Waals surface area contributed by atoms with E-state index < -0.39 is 96.5 Å². The predicted molar refractivity (Wildman–Crippen MR) is 192 cm³/mol. The van der Waals surface area contributed by atoms with Crippen LogP contribution in [0.3, 0.4) is 0 Å². The van der Waals surface area contributed by atoms with E-state index in [-0.39, 0.29) is 47.9 Å². The van der Waals surface area contributed by atoms with Gasteiger partial charge in [0.2, 0.25) is 0 Å². The number of nitrogens with zero attached hydrogens (tertiary/aromatic N) is 10. The third-order valence-electron chi connectivity index (χ3n) is 9.64. The van der Waals surface area contributed by atoms with E-state index >= 15 is 0 Å². The molecule has 312 valence electrons. The summed E-state index contributed by atoms with van der Waals surface area (Å²) in [6, 6.07) is 1.35. The van der Waals surface area contributed by atoms with Gasteiger partial charge >= 0.3 is 21.3 Å². The smallest absolute Gasteiger partial charge is 0.394 e. The first-order chi connectivity index (χ1) is 27.7. The second-order valence-corrected chi connectivity index (χ2v) is 16.2. The molecule has 5 aromatic heterocycles. The lowest BCUT2D eigenvalue weighted by Crippen LogP contribution is -2.31. The van der Waals surface area contributed by atoms with Gasteiger partial charge in [-0.15, -0.1) is 0 Å². The van der Waals surface area contributed by atoms with Crippen molar-refractivity contribution in [2.75, 3.05) is 37.0 Å². The highest BCUT2D eigenvalue weighted by atomic mass is 31.2. The van der Waals surface area contributed by atoms with E-state index in [2.05, 4.69) is 34.9 Å². The van der Waals surface area contributed by atoms with Gasteiger partial charge in [0.25, 0.3) is 0 Å². The third kappa shape index (κ3) is 8.17. The minimum absolute atomic E-state index is 0.0291. The number of phosphoric ester groups is 2. The Morgan fingerprint density at radius 3 is 1.79 bits per heavy atom. The van der Waals surface area contributed by atoms with E-state index in [0.717, 1.165) is 4.57 Å². The lowest BCUT2D eigenvalue weighted by Gasteiger charge is -2.24. The summed E-state index contributed by atoms with van der Waals surface area (Å²) in [5.74, 6) is 0.197. The molecule has 8 rings (SSSR count). The van der Waals surface area contributed by atoms with Gasteiger partial charge in [-0.2, -0.15) is 4.98 Å². The van der Waals surface area contributed by atoms with Crippen molar-refractivity contribution in [3.63, 3.8) is 0 Å². The van der Waals surface area contributed by atoms with Crippen LogP contribution in [0, 0.1) is 0 Å². The molecule has 3 aliphatic heterocycles. The van der Waals surface area contributed by atoms with Crippen LogP contribution >= 0.6 is 15.6 Å². The van der Waals surface area contributed by atoms with Crippen LogP contribution in [0.4, 0.5) is 17.5 Å². The average Bonchev–Trinajstić information content (AvgIpc) is 4.01. The number of aliphatic hydroxyl groups is 2. The zero-order chi connectivity index (χ0) is 40.9. The van der Waals surface area contributed by atoms with Crippen LogP contribution in [0.15, 0.2) is 42.4 Å². The summed E-state index contributed by atoms with van der Waals surface area (Å²) in [6.45, 7) is -1.97. The number of aromatic nitrogens is 10. The van der Waals surface area contributed by atoms with Crippen molar-refractivity contribution in [3.8, 4) is 0 Å². The maximum absolute atomic E-state index is 13.4. The van der Waals surface area contributed by atoms with Crippen molar-refractivity contribution >= 4 is 55.4 Å². The Morgan fingerprint density at radius 1 is 0.724 bits per heavy atom. The van der Waals surface area contributed by atoms with E-state index in [1.54, 1.807) is 0 Å². The lowest BCUT2D eigenvalue weighted by molar-refractivity contribution is -0.0604. The highest BCUT2D eigenvalue weighted by molar-refractivity contribution is 7.47. The van der Waals surface area contributed by atoms with Crippen LogP contribution in [0.2, 0.25) is 0 Å². The maximum atomic E-state index is 13.4. The number of anilines is 3. The molecule has 10 N–H and O–H groups in total. The number of phosphoric acid groups is 2. The number of ether oxygens (including phenoxy) is 3. The molecule has 0 aromatic carbocycles. The average molecular weight is 854 g/mol. The van der Waals surface area contributed by atoms with Gasteiger partial charge in [0, 0.05) is 25.5 Å². The molecular weight excluding hydrogens is 816 g/mol. The van der Waals surface area contributed by atoms with Gasteiger partial charge in [-0.3, -0.25) is 31.8 Å². The molecule has 5 aromatic rings. The topological polar surface area (TPSA) is 380 Å². The molecule has 3 saturated heterocycles. The van der Waals surface area contributed by atoms with Crippen LogP contribution in [0.1, 0.15) is 37.9 Å². The van der Waals surface area contributed by atoms with Crippen LogP contribution in [-0.2, 0) is 41.4 Å². The summed E-state index contributed by atoms with van der Waals surface area (Å²) >= 11 is 0. The number of hydrogen-bond acceptors (Lipinski definition) is 22. The summed E-state index contributed by atoms with van der Waals surface area (Å²) in [6.07, 6.45) is -3.80. The quantitative estimate of drug-likeness (QED) is 0.0651. The van der Waals surface area contributed by atoms with Gasteiger partial charge < -0.3 is 51.4 Å². The van der Waals surface area contributed by atoms with Crippen LogP contribution < -0.4 is 22.9 Å². The number of aliphatic hydroxyl groups excluding tert-OH is 2. The Bertz CT molecular complexity index is 2450. The van der Waals surface area contributed by atoms with Crippen LogP contribution in [0.25, 0.3) is 22.3 Å². The normalized spacial score (nSPS) is 29.6. The molecule has 11 atom stereocenters. The largest absolute Gasteiger partial charge is 0.472 e. The summed E-state index contributed by atoms with van der Waals surface area (Å²) in [5, 5.41) is 20.7. The minimum Gasteiger partial charge on any atom is -0.394 e. The Kier molecular flexibility index (Phi) is 11.0. The van der Waals surface area contributed by atoms with Gasteiger partial charge in [-0.1, -0.05) is 0 Å². The van der Waals surface area contributed by atoms with Gasteiger partial charge in [0.1, 0.15) is 78.7 Å². The third-order valence-corrected chi connectivity index (χ3v) is 11.7. The highest BCUT2D eigenvalue weighted by Gasteiger charge is 2.46. The zero-order valence-corrected chi connectivity index (χ0v) is 31.7. The first-order valence-electron chi connectivity index (χ1n) is 17.5. The Balaban J connectivity index is 0.943. The van der Waals surface area contributed by atoms with Crippen molar-refractivity contribution in [2.45, 2.75) is 74.6 Å². The number of imidazole rings is 2. The molecule has 0 saturated carbocycles. The molecule has 0 bridgehead atoms. The van der Waals surface area contributed by atoms with Crippen molar-refractivity contribution in [3.05, 3.63) is 48.1 Å². The summed E-state index contributed by atoms with van der Waals surface area (Å²) in [4.78, 5) is 62.2. The molecule has 27 nitrogen and oxygen atoms in total. The Labute approximate surface area is 324 Å². The molecule has 3 aliphatic rings. The molecule has 0 spiro atoms. The highest BCUT2D eigenvalue weighted by Crippen LogP contribution is 2.52. The first-order valence-corrected chi connectivity index (χ1v) is 20.4. The molecule has 3 fully saturated rings. The maximum Gasteiger partial charge on any atom is 0.472 e. The van der Waals surface area contributed by atoms with Crippen LogP contribution in [0.5, 0.6) is 0 Å². The summed E-state index contributed by atoms with van der Waals surface area (Å²) in [7, 11) is -9.99. The predicted octanol–water partition coefficient (Wildman–Crippen LogP) is -1.11. The number of fused-ring (bicyclic) bond motifs is 2. The van der Waals surface area contributed by atoms with E-state index in [9.17, 15) is 33.9 Å². The fourth-order valence-corrected chi connectivity index (χ4v) is 8.78. The second kappa shape index (κ2) is 15.9. The molecule has 2 unspecified atom stereocenters.